The van der Waals surface area contributed by atoms with Crippen LogP contribution in [-0.2, 0) is 0 Å². The minimum atomic E-state index is 0.0117. The lowest BCUT2D eigenvalue weighted by molar-refractivity contribution is 0.0952. The fourth-order valence-corrected chi connectivity index (χ4v) is 3.09. The number of carbonyl (C=O) groups is 1. The van der Waals surface area contributed by atoms with Crippen molar-refractivity contribution in [3.8, 4) is 0 Å². The predicted molar refractivity (Wildman–Crippen MR) is 78.7 cm³/mol. The molecule has 1 aromatic carbocycles. The molecule has 0 bridgehead atoms. The lowest BCUT2D eigenvalue weighted by Crippen LogP contribution is -2.27. The predicted octanol–water partition coefficient (Wildman–Crippen LogP) is 3.90. The zero-order valence-electron chi connectivity index (χ0n) is 10.3. The van der Waals surface area contributed by atoms with Gasteiger partial charge in [-0.3, -0.25) is 4.79 Å². The molecule has 0 saturated heterocycles. The van der Waals surface area contributed by atoms with E-state index in [1.54, 1.807) is 0 Å². The number of halogens is 1. The monoisotopic (exact) mass is 281 g/mol. The first-order valence-corrected chi connectivity index (χ1v) is 7.38. The Kier molecular flexibility index (Phi) is 4.61. The Balaban J connectivity index is 2.00. The Morgan fingerprint density at radius 1 is 1.44 bits per heavy atom. The highest BCUT2D eigenvalue weighted by atomic mass is 35.5. The van der Waals surface area contributed by atoms with Gasteiger partial charge in [0, 0.05) is 17.1 Å². The number of hydrogen-bond acceptors (Lipinski definition) is 2. The smallest absolute Gasteiger partial charge is 0.261 e. The van der Waals surface area contributed by atoms with Crippen molar-refractivity contribution in [2.45, 2.75) is 13.3 Å². The Morgan fingerprint density at radius 3 is 2.94 bits per heavy atom. The molecular weight excluding hydrogens is 266 g/mol. The summed E-state index contributed by atoms with van der Waals surface area (Å²) in [5, 5.41) is 4.08. The van der Waals surface area contributed by atoms with Gasteiger partial charge in [0.25, 0.3) is 5.91 Å². The van der Waals surface area contributed by atoms with Gasteiger partial charge in [0.05, 0.1) is 4.88 Å². The molecular formula is C14H16ClNOS. The number of benzene rings is 1. The van der Waals surface area contributed by atoms with Crippen molar-refractivity contribution in [3.05, 3.63) is 35.2 Å². The third kappa shape index (κ3) is 3.24. The molecule has 2 nitrogen and oxygen atoms in total. The second-order valence-corrected chi connectivity index (χ2v) is 5.90. The van der Waals surface area contributed by atoms with E-state index in [0.29, 0.717) is 18.3 Å². The van der Waals surface area contributed by atoms with Crippen molar-refractivity contribution in [1.82, 2.24) is 5.32 Å². The molecule has 1 N–H and O–H groups in total. The van der Waals surface area contributed by atoms with Crippen molar-refractivity contribution in [1.29, 1.82) is 0 Å². The van der Waals surface area contributed by atoms with Gasteiger partial charge in [0.15, 0.2) is 0 Å². The van der Waals surface area contributed by atoms with Crippen molar-refractivity contribution in [2.24, 2.45) is 5.92 Å². The summed E-state index contributed by atoms with van der Waals surface area (Å²) in [5.41, 5.74) is 0. The van der Waals surface area contributed by atoms with Gasteiger partial charge < -0.3 is 5.32 Å². The number of fused-ring (bicyclic) bond motifs is 1. The second-order valence-electron chi connectivity index (χ2n) is 4.44. The zero-order valence-corrected chi connectivity index (χ0v) is 11.9. The summed E-state index contributed by atoms with van der Waals surface area (Å²) >= 11 is 7.20. The third-order valence-electron chi connectivity index (χ3n) is 2.86. The minimum absolute atomic E-state index is 0.0117. The second kappa shape index (κ2) is 6.21. The molecule has 1 heterocycles. The van der Waals surface area contributed by atoms with E-state index in [4.69, 9.17) is 11.6 Å². The van der Waals surface area contributed by atoms with Crippen LogP contribution in [0, 0.1) is 5.92 Å². The highest BCUT2D eigenvalue weighted by molar-refractivity contribution is 7.20. The largest absolute Gasteiger partial charge is 0.351 e. The summed E-state index contributed by atoms with van der Waals surface area (Å²) in [6.45, 7) is 2.77. The summed E-state index contributed by atoms with van der Waals surface area (Å²) in [6.07, 6.45) is 0.925. The molecule has 1 amide bonds. The maximum absolute atomic E-state index is 12.0. The molecule has 0 fully saturated rings. The van der Waals surface area contributed by atoms with Crippen LogP contribution in [0.2, 0.25) is 0 Å². The van der Waals surface area contributed by atoms with Gasteiger partial charge in [0.2, 0.25) is 0 Å². The summed E-state index contributed by atoms with van der Waals surface area (Å²) in [7, 11) is 0. The molecule has 18 heavy (non-hydrogen) atoms. The van der Waals surface area contributed by atoms with E-state index < -0.39 is 0 Å². The molecule has 0 aliphatic carbocycles. The Bertz CT molecular complexity index is 504. The zero-order chi connectivity index (χ0) is 13.0. The number of thiophene rings is 1. The minimum Gasteiger partial charge on any atom is -0.351 e. The molecule has 0 aliphatic heterocycles. The normalized spacial score (nSPS) is 12.6. The van der Waals surface area contributed by atoms with Gasteiger partial charge in [-0.05, 0) is 29.9 Å². The Labute approximate surface area is 116 Å². The van der Waals surface area contributed by atoms with Gasteiger partial charge in [0.1, 0.15) is 0 Å². The highest BCUT2D eigenvalue weighted by Crippen LogP contribution is 2.25. The van der Waals surface area contributed by atoms with Crippen LogP contribution in [0.4, 0.5) is 0 Å². The molecule has 0 radical (unpaired) electrons. The van der Waals surface area contributed by atoms with Crippen LogP contribution >= 0.6 is 22.9 Å². The first kappa shape index (κ1) is 13.4. The molecule has 0 saturated carbocycles. The van der Waals surface area contributed by atoms with Crippen LogP contribution in [0.1, 0.15) is 23.0 Å². The molecule has 2 aromatic rings. The summed E-state index contributed by atoms with van der Waals surface area (Å²) in [5.74, 6) is 1.07. The van der Waals surface area contributed by atoms with E-state index in [2.05, 4.69) is 12.2 Å². The van der Waals surface area contributed by atoms with E-state index in [-0.39, 0.29) is 5.91 Å². The number of carbonyl (C=O) groups excluding carboxylic acids is 1. The maximum atomic E-state index is 12.0. The standard InChI is InChI=1S/C14H16ClNOS/c1-10(6-7-15)9-16-14(17)13-8-11-4-2-3-5-12(11)18-13/h2-5,8,10H,6-7,9H2,1H3,(H,16,17). The number of amides is 1. The number of nitrogens with one attached hydrogen (secondary N) is 1. The van der Waals surface area contributed by atoms with Crippen LogP contribution in [0.5, 0.6) is 0 Å². The maximum Gasteiger partial charge on any atom is 0.261 e. The van der Waals surface area contributed by atoms with Crippen LogP contribution < -0.4 is 5.32 Å². The van der Waals surface area contributed by atoms with Gasteiger partial charge in [-0.25, -0.2) is 0 Å². The van der Waals surface area contributed by atoms with Crippen LogP contribution in [0.15, 0.2) is 30.3 Å². The van der Waals surface area contributed by atoms with E-state index in [0.717, 1.165) is 21.4 Å². The van der Waals surface area contributed by atoms with Crippen LogP contribution in [0.3, 0.4) is 0 Å². The fourth-order valence-electron chi connectivity index (χ4n) is 1.74. The Morgan fingerprint density at radius 2 is 2.22 bits per heavy atom. The fraction of sp³-hybridized carbons (Fsp3) is 0.357. The summed E-state index contributed by atoms with van der Waals surface area (Å²) < 4.78 is 1.15. The van der Waals surface area contributed by atoms with E-state index in [9.17, 15) is 4.79 Å². The SMILES string of the molecule is CC(CCCl)CNC(=O)c1cc2ccccc2s1. The number of rotatable bonds is 5. The highest BCUT2D eigenvalue weighted by Gasteiger charge is 2.10. The van der Waals surface area contributed by atoms with Crippen molar-refractivity contribution in [2.75, 3.05) is 12.4 Å². The molecule has 1 atom stereocenters. The quantitative estimate of drug-likeness (QED) is 0.828. The first-order valence-electron chi connectivity index (χ1n) is 6.03. The molecule has 2 rings (SSSR count). The number of alkyl halides is 1. The molecule has 96 valence electrons. The third-order valence-corrected chi connectivity index (χ3v) is 4.20. The van der Waals surface area contributed by atoms with Crippen molar-refractivity contribution >= 4 is 38.9 Å². The number of hydrogen-bond donors (Lipinski definition) is 1. The molecule has 0 spiro atoms. The molecule has 0 aliphatic rings. The van der Waals surface area contributed by atoms with Crippen LogP contribution in [0.25, 0.3) is 10.1 Å². The summed E-state index contributed by atoms with van der Waals surface area (Å²) in [6, 6.07) is 9.98. The summed E-state index contributed by atoms with van der Waals surface area (Å²) in [4.78, 5) is 12.8. The van der Waals surface area contributed by atoms with Gasteiger partial charge >= 0.3 is 0 Å². The topological polar surface area (TPSA) is 29.1 Å². The average Bonchev–Trinajstić information content (AvgIpc) is 2.80. The lowest BCUT2D eigenvalue weighted by atomic mass is 10.1. The van der Waals surface area contributed by atoms with Crippen LogP contribution in [-0.4, -0.2) is 18.3 Å². The average molecular weight is 282 g/mol. The molecule has 4 heteroatoms. The van der Waals surface area contributed by atoms with E-state index in [1.165, 1.54) is 11.3 Å². The van der Waals surface area contributed by atoms with Crippen molar-refractivity contribution < 1.29 is 4.79 Å². The molecule has 1 unspecified atom stereocenters. The van der Waals surface area contributed by atoms with Gasteiger partial charge in [-0.1, -0.05) is 25.1 Å². The van der Waals surface area contributed by atoms with E-state index in [1.807, 2.05) is 30.3 Å². The van der Waals surface area contributed by atoms with Gasteiger partial charge in [-0.2, -0.15) is 0 Å². The van der Waals surface area contributed by atoms with E-state index >= 15 is 0 Å². The molecule has 1 aromatic heterocycles. The van der Waals surface area contributed by atoms with Crippen molar-refractivity contribution in [3.63, 3.8) is 0 Å². The first-order chi connectivity index (χ1) is 8.70. The Hall–Kier alpha value is -1.06. The lowest BCUT2D eigenvalue weighted by Gasteiger charge is -2.09. The van der Waals surface area contributed by atoms with Gasteiger partial charge in [-0.15, -0.1) is 22.9 Å².